The molecule has 0 aromatic heterocycles. The Bertz CT molecular complexity index is 339. The Balaban J connectivity index is 1.75. The van der Waals surface area contributed by atoms with Gasteiger partial charge in [-0.1, -0.05) is 56.9 Å². The van der Waals surface area contributed by atoms with Gasteiger partial charge in [0.2, 0.25) is 0 Å². The third-order valence-corrected chi connectivity index (χ3v) is 3.89. The first-order valence-corrected chi connectivity index (χ1v) is 7.78. The highest BCUT2D eigenvalue weighted by Gasteiger charge is 2.12. The number of hydrogen-bond donors (Lipinski definition) is 1. The first kappa shape index (κ1) is 14.5. The van der Waals surface area contributed by atoms with E-state index in [9.17, 15) is 0 Å². The predicted octanol–water partition coefficient (Wildman–Crippen LogP) is 4.04. The maximum Gasteiger partial charge on any atom is 0.0720 e. The van der Waals surface area contributed by atoms with Gasteiger partial charge in [-0.25, -0.2) is 0 Å². The average molecular weight is 261 g/mol. The maximum atomic E-state index is 6.05. The molecular weight excluding hydrogens is 234 g/mol. The molecular formula is C17H27NO. The van der Waals surface area contributed by atoms with E-state index >= 15 is 0 Å². The van der Waals surface area contributed by atoms with E-state index in [1.165, 1.54) is 49.7 Å². The fourth-order valence-electron chi connectivity index (χ4n) is 2.65. The smallest absolute Gasteiger partial charge is 0.0720 e. The van der Waals surface area contributed by atoms with Gasteiger partial charge in [0, 0.05) is 6.54 Å². The van der Waals surface area contributed by atoms with Crippen LogP contribution in [0, 0.1) is 0 Å². The Hall–Kier alpha value is -0.860. The van der Waals surface area contributed by atoms with Crippen LogP contribution in [-0.2, 0) is 17.9 Å². The standard InChI is InChI=1S/C17H27NO/c1-2-18-13-15-9-11-16(12-10-15)14-19-17-7-5-3-4-6-8-17/h9-12,17-18H,2-8,13-14H2,1H3. The van der Waals surface area contributed by atoms with Crippen LogP contribution in [0.1, 0.15) is 56.6 Å². The zero-order valence-electron chi connectivity index (χ0n) is 12.2. The maximum absolute atomic E-state index is 6.05. The number of nitrogens with one attached hydrogen (secondary N) is 1. The SMILES string of the molecule is CCNCc1ccc(COC2CCCCCC2)cc1. The lowest BCUT2D eigenvalue weighted by molar-refractivity contribution is 0.0310. The summed E-state index contributed by atoms with van der Waals surface area (Å²) in [5.74, 6) is 0. The number of hydrogen-bond acceptors (Lipinski definition) is 2. The summed E-state index contributed by atoms with van der Waals surface area (Å²) in [4.78, 5) is 0. The Kier molecular flexibility index (Phi) is 6.38. The second kappa shape index (κ2) is 8.34. The molecule has 1 aliphatic rings. The van der Waals surface area contributed by atoms with Crippen LogP contribution < -0.4 is 5.32 Å². The Labute approximate surface area is 117 Å². The summed E-state index contributed by atoms with van der Waals surface area (Å²) in [6, 6.07) is 8.80. The molecule has 1 saturated carbocycles. The molecule has 0 atom stereocenters. The van der Waals surface area contributed by atoms with Gasteiger partial charge in [0.25, 0.3) is 0 Å². The van der Waals surface area contributed by atoms with E-state index in [-0.39, 0.29) is 0 Å². The van der Waals surface area contributed by atoms with Crippen molar-refractivity contribution in [1.29, 1.82) is 0 Å². The summed E-state index contributed by atoms with van der Waals surface area (Å²) in [5, 5.41) is 3.34. The Morgan fingerprint density at radius 3 is 2.26 bits per heavy atom. The molecule has 0 heterocycles. The molecule has 0 radical (unpaired) electrons. The molecule has 0 spiro atoms. The van der Waals surface area contributed by atoms with Crippen LogP contribution in [-0.4, -0.2) is 12.6 Å². The van der Waals surface area contributed by atoms with Crippen molar-refractivity contribution in [2.45, 2.75) is 64.7 Å². The number of benzene rings is 1. The van der Waals surface area contributed by atoms with Crippen LogP contribution in [0.4, 0.5) is 0 Å². The monoisotopic (exact) mass is 261 g/mol. The molecule has 1 N–H and O–H groups in total. The van der Waals surface area contributed by atoms with Gasteiger partial charge in [-0.15, -0.1) is 0 Å². The first-order chi connectivity index (χ1) is 9.38. The average Bonchev–Trinajstić information content (AvgIpc) is 2.72. The van der Waals surface area contributed by atoms with Crippen molar-refractivity contribution < 1.29 is 4.74 Å². The normalized spacial score (nSPS) is 17.3. The van der Waals surface area contributed by atoms with E-state index in [4.69, 9.17) is 4.74 Å². The molecule has 1 aromatic rings. The number of ether oxygens (including phenoxy) is 1. The quantitative estimate of drug-likeness (QED) is 0.780. The van der Waals surface area contributed by atoms with Gasteiger partial charge in [0.15, 0.2) is 0 Å². The van der Waals surface area contributed by atoms with Gasteiger partial charge in [0.05, 0.1) is 12.7 Å². The lowest BCUT2D eigenvalue weighted by Gasteiger charge is -2.15. The van der Waals surface area contributed by atoms with Gasteiger partial charge in [-0.2, -0.15) is 0 Å². The van der Waals surface area contributed by atoms with Crippen LogP contribution >= 0.6 is 0 Å². The van der Waals surface area contributed by atoms with Gasteiger partial charge >= 0.3 is 0 Å². The highest BCUT2D eigenvalue weighted by atomic mass is 16.5. The molecule has 0 bridgehead atoms. The lowest BCUT2D eigenvalue weighted by atomic mass is 10.1. The minimum Gasteiger partial charge on any atom is -0.374 e. The summed E-state index contributed by atoms with van der Waals surface area (Å²) < 4.78 is 6.05. The van der Waals surface area contributed by atoms with Crippen LogP contribution in [0.3, 0.4) is 0 Å². The molecule has 106 valence electrons. The van der Waals surface area contributed by atoms with Crippen molar-refractivity contribution in [1.82, 2.24) is 5.32 Å². The van der Waals surface area contributed by atoms with Gasteiger partial charge in [0.1, 0.15) is 0 Å². The zero-order valence-corrected chi connectivity index (χ0v) is 12.2. The van der Waals surface area contributed by atoms with E-state index < -0.39 is 0 Å². The topological polar surface area (TPSA) is 21.3 Å². The molecule has 0 saturated heterocycles. The van der Waals surface area contributed by atoms with Crippen LogP contribution in [0.25, 0.3) is 0 Å². The number of rotatable bonds is 6. The van der Waals surface area contributed by atoms with Crippen molar-refractivity contribution in [2.24, 2.45) is 0 Å². The highest BCUT2D eigenvalue weighted by molar-refractivity contribution is 5.21. The minimum atomic E-state index is 0.490. The first-order valence-electron chi connectivity index (χ1n) is 7.78. The molecule has 2 nitrogen and oxygen atoms in total. The Morgan fingerprint density at radius 2 is 1.63 bits per heavy atom. The molecule has 1 aliphatic carbocycles. The van der Waals surface area contributed by atoms with Crippen molar-refractivity contribution in [3.05, 3.63) is 35.4 Å². The molecule has 2 heteroatoms. The summed E-state index contributed by atoms with van der Waals surface area (Å²) in [5.41, 5.74) is 2.64. The highest BCUT2D eigenvalue weighted by Crippen LogP contribution is 2.20. The molecule has 1 aromatic carbocycles. The fraction of sp³-hybridized carbons (Fsp3) is 0.647. The van der Waals surface area contributed by atoms with Crippen molar-refractivity contribution in [3.8, 4) is 0 Å². The summed E-state index contributed by atoms with van der Waals surface area (Å²) >= 11 is 0. The van der Waals surface area contributed by atoms with E-state index in [1.54, 1.807) is 0 Å². The largest absolute Gasteiger partial charge is 0.374 e. The van der Waals surface area contributed by atoms with Gasteiger partial charge in [-0.3, -0.25) is 0 Å². The van der Waals surface area contributed by atoms with Crippen LogP contribution in [0.15, 0.2) is 24.3 Å². The van der Waals surface area contributed by atoms with Crippen molar-refractivity contribution >= 4 is 0 Å². The zero-order chi connectivity index (χ0) is 13.3. The van der Waals surface area contributed by atoms with E-state index in [1.807, 2.05) is 0 Å². The Morgan fingerprint density at radius 1 is 1.00 bits per heavy atom. The van der Waals surface area contributed by atoms with Gasteiger partial charge < -0.3 is 10.1 Å². The molecule has 0 unspecified atom stereocenters. The fourth-order valence-corrected chi connectivity index (χ4v) is 2.65. The van der Waals surface area contributed by atoms with E-state index in [0.717, 1.165) is 19.7 Å². The lowest BCUT2D eigenvalue weighted by Crippen LogP contribution is -2.12. The third kappa shape index (κ3) is 5.33. The van der Waals surface area contributed by atoms with Crippen LogP contribution in [0.2, 0.25) is 0 Å². The second-order valence-corrected chi connectivity index (χ2v) is 5.52. The molecule has 0 amide bonds. The molecule has 19 heavy (non-hydrogen) atoms. The molecule has 1 fully saturated rings. The summed E-state index contributed by atoms with van der Waals surface area (Å²) in [6.07, 6.45) is 8.44. The van der Waals surface area contributed by atoms with Crippen LogP contribution in [0.5, 0.6) is 0 Å². The second-order valence-electron chi connectivity index (χ2n) is 5.52. The van der Waals surface area contributed by atoms with E-state index in [0.29, 0.717) is 6.10 Å². The summed E-state index contributed by atoms with van der Waals surface area (Å²) in [6.45, 7) is 4.88. The van der Waals surface area contributed by atoms with Gasteiger partial charge in [-0.05, 0) is 30.5 Å². The molecule has 0 aliphatic heterocycles. The predicted molar refractivity (Wildman–Crippen MR) is 80.1 cm³/mol. The molecule has 2 rings (SSSR count). The van der Waals surface area contributed by atoms with Crippen molar-refractivity contribution in [3.63, 3.8) is 0 Å². The van der Waals surface area contributed by atoms with E-state index in [2.05, 4.69) is 36.5 Å². The summed E-state index contributed by atoms with van der Waals surface area (Å²) in [7, 11) is 0. The van der Waals surface area contributed by atoms with Crippen molar-refractivity contribution in [2.75, 3.05) is 6.54 Å². The minimum absolute atomic E-state index is 0.490. The third-order valence-electron chi connectivity index (χ3n) is 3.89.